The highest BCUT2D eigenvalue weighted by Gasteiger charge is 2.42. The number of alkyl halides is 9. The largest absolute Gasteiger partial charge is 0.419 e. The Morgan fingerprint density at radius 3 is 1.02 bits per heavy atom. The predicted molar refractivity (Wildman–Crippen MR) is 482 cm³/mol. The smallest absolute Gasteiger partial charge is 0.205 e. The fourth-order valence-corrected chi connectivity index (χ4v) is 18.3. The molecule has 0 aliphatic rings. The summed E-state index contributed by atoms with van der Waals surface area (Å²) in [5.41, 5.74) is 3.20. The molecule has 5 aromatic heterocycles. The van der Waals surface area contributed by atoms with Gasteiger partial charge in [-0.25, -0.2) is 13.2 Å². The lowest BCUT2D eigenvalue weighted by atomic mass is 9.81. The van der Waals surface area contributed by atoms with Crippen LogP contribution in [0.2, 0.25) is 0 Å². The molecule has 0 unspecified atom stereocenters. The molecular formula is C102H72F12N12S. The Hall–Kier alpha value is -14.2. The lowest BCUT2D eigenvalue weighted by molar-refractivity contribution is -0.136. The van der Waals surface area contributed by atoms with Gasteiger partial charge < -0.3 is 0 Å². The molecule has 16 aromatic carbocycles. The molecule has 0 saturated heterocycles. The van der Waals surface area contributed by atoms with Gasteiger partial charge in [0.2, 0.25) is 0 Å². The third-order valence-corrected chi connectivity index (χ3v) is 24.1. The van der Waals surface area contributed by atoms with Gasteiger partial charge in [0.15, 0.2) is 0 Å². The fraction of sp³-hybridized carbons (Fsp3) is 0.157. The second-order valence-electron chi connectivity index (χ2n) is 34.4. The van der Waals surface area contributed by atoms with E-state index in [1.165, 1.54) is 111 Å². The summed E-state index contributed by atoms with van der Waals surface area (Å²) in [7, 11) is 0. The number of rotatable bonds is 4. The first-order valence-corrected chi connectivity index (χ1v) is 41.3. The SMILES string of the molecule is CC(C)(C)c1cc(-c2nnnc3c(C(F)(F)F)c4ccccc4c(F)c23)cc2cc3ccccc3cc12.CC(C)(C)c1cc(-c2nnnc3c(C(F)(F)F)c4ccccc4c(F)c23)cc2ccccc12.Cc1cccc2ccc3c(-c4cc(C(C)(C)C)c5ccccc5c4)nnnc3c12.Fc1c2ccccc2c(C(F)(F)F)c2nnnc(-c3cc4ccccc4s3)c12. The van der Waals surface area contributed by atoms with E-state index >= 15 is 13.2 Å². The first-order valence-electron chi connectivity index (χ1n) is 40.5. The topological polar surface area (TPSA) is 155 Å². The highest BCUT2D eigenvalue weighted by Crippen LogP contribution is 2.50. The summed E-state index contributed by atoms with van der Waals surface area (Å²) in [5.74, 6) is -2.38. The monoisotopic (exact) mass is 1720 g/mol. The lowest BCUT2D eigenvalue weighted by Gasteiger charge is -2.23. The van der Waals surface area contributed by atoms with Crippen LogP contribution >= 0.6 is 11.3 Å². The van der Waals surface area contributed by atoms with Gasteiger partial charge in [0.25, 0.3) is 0 Å². The Morgan fingerprint density at radius 2 is 0.583 bits per heavy atom. The van der Waals surface area contributed by atoms with Gasteiger partial charge in [-0.1, -0.05) is 250 Å². The van der Waals surface area contributed by atoms with Crippen LogP contribution in [0, 0.1) is 24.4 Å². The van der Waals surface area contributed by atoms with Crippen molar-refractivity contribution in [3.8, 4) is 44.3 Å². The van der Waals surface area contributed by atoms with Crippen LogP contribution in [-0.4, -0.2) is 61.6 Å². The zero-order valence-electron chi connectivity index (χ0n) is 69.6. The van der Waals surface area contributed by atoms with Crippen molar-refractivity contribution in [3.63, 3.8) is 0 Å². The number of nitrogens with zero attached hydrogens (tertiary/aromatic N) is 12. The number of halogens is 12. The van der Waals surface area contributed by atoms with E-state index in [0.29, 0.717) is 16.0 Å². The fourth-order valence-electron chi connectivity index (χ4n) is 17.3. The number of hydrogen-bond donors (Lipinski definition) is 0. The quantitative estimate of drug-likeness (QED) is 0.0935. The molecule has 0 bridgehead atoms. The molecule has 0 N–H and O–H groups in total. The number of hydrogen-bond acceptors (Lipinski definition) is 13. The molecular weight excluding hydrogens is 1650 g/mol. The summed E-state index contributed by atoms with van der Waals surface area (Å²) >= 11 is 1.31. The van der Waals surface area contributed by atoms with Crippen LogP contribution in [0.15, 0.2) is 255 Å². The highest BCUT2D eigenvalue weighted by molar-refractivity contribution is 7.22. The number of fused-ring (bicyclic) bond motifs is 14. The zero-order chi connectivity index (χ0) is 89.3. The highest BCUT2D eigenvalue weighted by atomic mass is 32.1. The van der Waals surface area contributed by atoms with Crippen molar-refractivity contribution in [1.29, 1.82) is 0 Å². The van der Waals surface area contributed by atoms with E-state index in [4.69, 9.17) is 0 Å². The summed E-state index contributed by atoms with van der Waals surface area (Å²) in [5, 5.41) is 57.5. The molecule has 0 aliphatic heterocycles. The number of benzene rings is 16. The number of thiophene rings is 1. The maximum Gasteiger partial charge on any atom is 0.419 e. The van der Waals surface area contributed by atoms with Crippen molar-refractivity contribution in [2.45, 2.75) is 104 Å². The molecule has 0 amide bonds. The molecule has 25 heteroatoms. The Labute approximate surface area is 721 Å². The maximum atomic E-state index is 16.0. The Kier molecular flexibility index (Phi) is 20.7. The minimum atomic E-state index is -4.77. The standard InChI is InChI=1S/C30H21F4N3.C26H19F4N3.C26H23N3.C20H9F4N3S/c1-29(2,3)23-15-19(13-18-12-16-8-4-5-9-17(16)14-22(18)23)27-24-26(31)21-11-7-6-10-20(21)25(30(32,33)34)28(24)36-37-35-27;1-25(2,3)19-13-15(12-14-8-4-5-9-16(14)19)23-20-22(27)18-11-7-6-10-17(18)21(26(28,29)30)24(20)32-33-31-23;1-16-8-7-10-17-12-13-21-24(27-29-28-25(21)23(16)17)19-14-18-9-5-6-11-20(18)22(15-19)26(2,3)4;21-17-12-7-3-2-6-11(12)16(20(22,23)24)19-15(17)18(25-27-26-19)14-9-10-5-1-4-8-13(10)28-14/h4-15H,1-3H3;4-13H,1-3H3;5-15H,1-4H3;1-9H. The van der Waals surface area contributed by atoms with Gasteiger partial charge >= 0.3 is 18.5 Å². The first-order chi connectivity index (χ1) is 60.5. The van der Waals surface area contributed by atoms with Crippen LogP contribution in [0.25, 0.3) is 184 Å². The van der Waals surface area contributed by atoms with Crippen molar-refractivity contribution in [2.24, 2.45) is 0 Å². The van der Waals surface area contributed by atoms with Crippen molar-refractivity contribution >= 4 is 151 Å². The molecule has 0 saturated carbocycles. The molecule has 0 spiro atoms. The Morgan fingerprint density at radius 1 is 0.244 bits per heavy atom. The maximum absolute atomic E-state index is 16.0. The summed E-state index contributed by atoms with van der Waals surface area (Å²) in [4.78, 5) is 0.531. The molecule has 0 aliphatic carbocycles. The number of aromatic nitrogens is 12. The molecule has 0 radical (unpaired) electrons. The van der Waals surface area contributed by atoms with Gasteiger partial charge in [0, 0.05) is 48.3 Å². The van der Waals surface area contributed by atoms with E-state index in [0.717, 1.165) is 81.1 Å². The van der Waals surface area contributed by atoms with E-state index in [1.54, 1.807) is 12.1 Å². The van der Waals surface area contributed by atoms with E-state index in [1.807, 2.05) is 118 Å². The minimum absolute atomic E-state index is 0.0230. The van der Waals surface area contributed by atoms with Crippen LogP contribution in [0.3, 0.4) is 0 Å². The molecule has 12 nitrogen and oxygen atoms in total. The van der Waals surface area contributed by atoms with E-state index in [-0.39, 0.29) is 81.8 Å². The van der Waals surface area contributed by atoms with Crippen LogP contribution in [0.1, 0.15) is 101 Å². The van der Waals surface area contributed by atoms with E-state index < -0.39 is 69.2 Å². The van der Waals surface area contributed by atoms with Crippen molar-refractivity contribution in [1.82, 2.24) is 61.6 Å². The van der Waals surface area contributed by atoms with Crippen LogP contribution in [0.5, 0.6) is 0 Å². The summed E-state index contributed by atoms with van der Waals surface area (Å²) in [6, 6.07) is 76.7. The minimum Gasteiger partial charge on any atom is -0.205 e. The zero-order valence-corrected chi connectivity index (χ0v) is 70.4. The van der Waals surface area contributed by atoms with Gasteiger partial charge in [0.1, 0.15) is 62.3 Å². The third-order valence-electron chi connectivity index (χ3n) is 23.0. The van der Waals surface area contributed by atoms with Gasteiger partial charge in [-0.3, -0.25) is 0 Å². The van der Waals surface area contributed by atoms with Crippen LogP contribution in [0.4, 0.5) is 52.7 Å². The Bertz CT molecular complexity index is 8040. The van der Waals surface area contributed by atoms with Crippen molar-refractivity contribution < 1.29 is 52.7 Å². The molecule has 21 rings (SSSR count). The van der Waals surface area contributed by atoms with Gasteiger partial charge in [-0.2, -0.15) is 39.5 Å². The van der Waals surface area contributed by atoms with Gasteiger partial charge in [-0.15, -0.1) is 52.1 Å². The third kappa shape index (κ3) is 15.2. The average Bonchev–Trinajstić information content (AvgIpc) is 0.906. The first kappa shape index (κ1) is 83.7. The van der Waals surface area contributed by atoms with E-state index in [9.17, 15) is 39.5 Å². The van der Waals surface area contributed by atoms with Crippen LogP contribution in [-0.2, 0) is 34.8 Å². The van der Waals surface area contributed by atoms with Crippen LogP contribution < -0.4 is 0 Å². The van der Waals surface area contributed by atoms with Gasteiger partial charge in [0.05, 0.1) is 37.7 Å². The van der Waals surface area contributed by atoms with Crippen molar-refractivity contribution in [3.05, 3.63) is 311 Å². The van der Waals surface area contributed by atoms with E-state index in [2.05, 4.69) is 183 Å². The average molecular weight is 1730 g/mol. The molecule has 0 fully saturated rings. The molecule has 630 valence electrons. The lowest BCUT2D eigenvalue weighted by Crippen LogP contribution is -2.13. The second-order valence-corrected chi connectivity index (χ2v) is 35.5. The Balaban J connectivity index is 0.000000115. The second kappa shape index (κ2) is 31.5. The predicted octanol–water partition coefficient (Wildman–Crippen LogP) is 28.9. The van der Waals surface area contributed by atoms with Crippen molar-refractivity contribution in [2.75, 3.05) is 0 Å². The number of aryl methyl sites for hydroxylation is 1. The van der Waals surface area contributed by atoms with Gasteiger partial charge in [-0.05, 0) is 203 Å². The molecule has 21 aromatic rings. The normalized spacial score (nSPS) is 12.5. The summed E-state index contributed by atoms with van der Waals surface area (Å²) in [6.45, 7) is 21.2. The molecule has 5 heterocycles. The summed E-state index contributed by atoms with van der Waals surface area (Å²) in [6.07, 6.45) is -14.2. The molecule has 127 heavy (non-hydrogen) atoms. The summed E-state index contributed by atoms with van der Waals surface area (Å²) < 4.78 is 175. The molecule has 0 atom stereocenters.